The van der Waals surface area contributed by atoms with Gasteiger partial charge in [0.15, 0.2) is 0 Å². The van der Waals surface area contributed by atoms with E-state index in [0.717, 1.165) is 44.9 Å². The Kier molecular flexibility index (Phi) is 41.2. The first-order valence-electron chi connectivity index (χ1n) is 22.7. The van der Waals surface area contributed by atoms with Crippen LogP contribution in [-0.4, -0.2) is 66.3 Å². The van der Waals surface area contributed by atoms with Crippen molar-refractivity contribution in [1.29, 1.82) is 0 Å². The molecule has 0 amide bonds. The molecule has 9 nitrogen and oxygen atoms in total. The molecule has 0 rings (SSSR count). The summed E-state index contributed by atoms with van der Waals surface area (Å²) in [5, 5.41) is 18.4. The minimum atomic E-state index is -4.51. The Labute approximate surface area is 332 Å². The Morgan fingerprint density at radius 3 is 1.39 bits per heavy atom. The van der Waals surface area contributed by atoms with Crippen molar-refractivity contribution in [3.63, 3.8) is 0 Å². The predicted molar refractivity (Wildman–Crippen MR) is 224 cm³/mol. The summed E-state index contributed by atoms with van der Waals surface area (Å²) in [6.07, 6.45) is 41.6. The van der Waals surface area contributed by atoms with E-state index < -0.39 is 33.2 Å². The number of carbonyl (C=O) groups excluding carboxylic acids is 1. The molecule has 3 N–H and O–H groups in total. The van der Waals surface area contributed by atoms with Crippen LogP contribution in [-0.2, 0) is 27.9 Å². The van der Waals surface area contributed by atoms with Crippen LogP contribution in [0.1, 0.15) is 219 Å². The van der Waals surface area contributed by atoms with E-state index in [1.165, 1.54) is 154 Å². The zero-order valence-corrected chi connectivity index (χ0v) is 36.1. The molecule has 0 saturated carbocycles. The van der Waals surface area contributed by atoms with Crippen molar-refractivity contribution in [1.82, 2.24) is 0 Å². The molecule has 0 spiro atoms. The van der Waals surface area contributed by atoms with Gasteiger partial charge in [-0.1, -0.05) is 187 Å². The van der Waals surface area contributed by atoms with E-state index >= 15 is 0 Å². The van der Waals surface area contributed by atoms with E-state index in [-0.39, 0.29) is 25.6 Å². The summed E-state index contributed by atoms with van der Waals surface area (Å²) in [7, 11) is -4.51. The van der Waals surface area contributed by atoms with Gasteiger partial charge in [-0.3, -0.25) is 13.8 Å². The van der Waals surface area contributed by atoms with Crippen LogP contribution < -0.4 is 0 Å². The summed E-state index contributed by atoms with van der Waals surface area (Å²) in [5.41, 5.74) is 0. The molecule has 0 saturated heterocycles. The van der Waals surface area contributed by atoms with Gasteiger partial charge in [-0.05, 0) is 38.5 Å². The van der Waals surface area contributed by atoms with E-state index in [2.05, 4.69) is 26.0 Å². The molecule has 0 radical (unpaired) electrons. The van der Waals surface area contributed by atoms with Crippen molar-refractivity contribution in [2.75, 3.05) is 33.0 Å². The molecule has 0 aliphatic carbocycles. The van der Waals surface area contributed by atoms with Crippen LogP contribution in [0.25, 0.3) is 0 Å². The second-order valence-electron chi connectivity index (χ2n) is 15.4. The SMILES string of the molecule is CCCCCCCC/C=C\CCCCCCCCCC(=O)OC(COCCCCCCCCCCCCCCCCCC)COP(=O)(O)OCC(O)CO. The number of ether oxygens (including phenoxy) is 2. The number of hydrogen-bond donors (Lipinski definition) is 3. The molecule has 0 bridgehead atoms. The monoisotopic (exact) mass is 791 g/mol. The number of phosphoric ester groups is 1. The summed E-state index contributed by atoms with van der Waals surface area (Å²) < 4.78 is 33.4. The Bertz CT molecular complexity index is 856. The number of carbonyl (C=O) groups is 1. The van der Waals surface area contributed by atoms with Crippen LogP contribution in [0, 0.1) is 0 Å². The first kappa shape index (κ1) is 53.2. The number of esters is 1. The molecular weight excluding hydrogens is 703 g/mol. The van der Waals surface area contributed by atoms with Crippen molar-refractivity contribution in [3.05, 3.63) is 12.2 Å². The number of aliphatic hydroxyl groups is 2. The molecule has 0 aliphatic heterocycles. The minimum absolute atomic E-state index is 0.0536. The van der Waals surface area contributed by atoms with E-state index in [4.69, 9.17) is 23.6 Å². The van der Waals surface area contributed by atoms with Gasteiger partial charge in [0, 0.05) is 13.0 Å². The van der Waals surface area contributed by atoms with Crippen molar-refractivity contribution < 1.29 is 43.0 Å². The van der Waals surface area contributed by atoms with Gasteiger partial charge in [0.1, 0.15) is 12.2 Å². The van der Waals surface area contributed by atoms with Crippen molar-refractivity contribution in [3.8, 4) is 0 Å². The molecule has 322 valence electrons. The van der Waals surface area contributed by atoms with Crippen LogP contribution in [0.4, 0.5) is 0 Å². The fraction of sp³-hybridized carbons (Fsp3) is 0.932. The van der Waals surface area contributed by atoms with Gasteiger partial charge < -0.3 is 24.6 Å². The Balaban J connectivity index is 4.12. The molecule has 0 fully saturated rings. The minimum Gasteiger partial charge on any atom is -0.457 e. The number of allylic oxidation sites excluding steroid dienone is 2. The molecule has 0 aromatic rings. The fourth-order valence-electron chi connectivity index (χ4n) is 6.47. The Morgan fingerprint density at radius 1 is 0.556 bits per heavy atom. The van der Waals surface area contributed by atoms with Crippen LogP contribution >= 0.6 is 7.82 Å². The van der Waals surface area contributed by atoms with E-state index in [9.17, 15) is 19.4 Å². The quantitative estimate of drug-likeness (QED) is 0.0239. The molecule has 0 aromatic carbocycles. The van der Waals surface area contributed by atoms with Crippen molar-refractivity contribution in [2.45, 2.75) is 232 Å². The molecule has 10 heteroatoms. The third-order valence-electron chi connectivity index (χ3n) is 9.95. The largest absolute Gasteiger partial charge is 0.472 e. The normalized spacial score (nSPS) is 14.1. The van der Waals surface area contributed by atoms with Crippen LogP contribution in [0.5, 0.6) is 0 Å². The lowest BCUT2D eigenvalue weighted by Crippen LogP contribution is -2.29. The maximum Gasteiger partial charge on any atom is 0.472 e. The maximum atomic E-state index is 12.6. The number of hydrogen-bond acceptors (Lipinski definition) is 8. The molecule has 0 aliphatic rings. The smallest absolute Gasteiger partial charge is 0.457 e. The summed E-state index contributed by atoms with van der Waals surface area (Å²) in [4.78, 5) is 22.6. The van der Waals surface area contributed by atoms with Gasteiger partial charge in [0.2, 0.25) is 0 Å². The topological polar surface area (TPSA) is 132 Å². The number of aliphatic hydroxyl groups excluding tert-OH is 2. The van der Waals surface area contributed by atoms with Crippen molar-refractivity contribution in [2.24, 2.45) is 0 Å². The summed E-state index contributed by atoms with van der Waals surface area (Å²) in [6, 6.07) is 0. The number of rotatable bonds is 44. The van der Waals surface area contributed by atoms with E-state index in [0.29, 0.717) is 6.61 Å². The molecule has 3 unspecified atom stereocenters. The van der Waals surface area contributed by atoms with Crippen LogP contribution in [0.2, 0.25) is 0 Å². The predicted octanol–water partition coefficient (Wildman–Crippen LogP) is 12.5. The molecular formula is C44H87O9P. The maximum absolute atomic E-state index is 12.6. The standard InChI is InChI=1S/C44H87O9P/c1-3-5-7-9-11-13-15-17-19-21-22-24-26-28-30-32-34-36-44(47)53-43(41-52-54(48,49)51-39-42(46)38-45)40-50-37-35-33-31-29-27-25-23-20-18-16-14-12-10-8-6-4-2/h17,19,42-43,45-46H,3-16,18,20-41H2,1-2H3,(H,48,49)/b19-17-. The highest BCUT2D eigenvalue weighted by Gasteiger charge is 2.26. The van der Waals surface area contributed by atoms with Crippen LogP contribution in [0.15, 0.2) is 12.2 Å². The highest BCUT2D eigenvalue weighted by Crippen LogP contribution is 2.43. The third kappa shape index (κ3) is 40.9. The van der Waals surface area contributed by atoms with Gasteiger partial charge in [0.25, 0.3) is 0 Å². The zero-order valence-electron chi connectivity index (χ0n) is 35.2. The summed E-state index contributed by atoms with van der Waals surface area (Å²) >= 11 is 0. The van der Waals surface area contributed by atoms with Gasteiger partial charge in [-0.15, -0.1) is 0 Å². The highest BCUT2D eigenvalue weighted by molar-refractivity contribution is 7.47. The van der Waals surface area contributed by atoms with Crippen molar-refractivity contribution >= 4 is 13.8 Å². The zero-order chi connectivity index (χ0) is 39.6. The van der Waals surface area contributed by atoms with Crippen LogP contribution in [0.3, 0.4) is 0 Å². The first-order valence-corrected chi connectivity index (χ1v) is 24.2. The average Bonchev–Trinajstić information content (AvgIpc) is 3.16. The second-order valence-corrected chi connectivity index (χ2v) is 16.9. The second kappa shape index (κ2) is 41.8. The Hall–Kier alpha value is -0.800. The summed E-state index contributed by atoms with van der Waals surface area (Å²) in [6.45, 7) is 3.56. The molecule has 54 heavy (non-hydrogen) atoms. The van der Waals surface area contributed by atoms with Gasteiger partial charge in [-0.25, -0.2) is 4.57 Å². The lowest BCUT2D eigenvalue weighted by atomic mass is 10.0. The molecule has 3 atom stereocenters. The molecule has 0 aromatic heterocycles. The lowest BCUT2D eigenvalue weighted by molar-refractivity contribution is -0.154. The van der Waals surface area contributed by atoms with Gasteiger partial charge >= 0.3 is 13.8 Å². The van der Waals surface area contributed by atoms with E-state index in [1.807, 2.05) is 0 Å². The Morgan fingerprint density at radius 2 is 0.944 bits per heavy atom. The number of phosphoric acid groups is 1. The summed E-state index contributed by atoms with van der Waals surface area (Å²) in [5.74, 6) is -0.383. The number of unbranched alkanes of at least 4 members (excludes halogenated alkanes) is 28. The van der Waals surface area contributed by atoms with Gasteiger partial charge in [-0.2, -0.15) is 0 Å². The highest BCUT2D eigenvalue weighted by atomic mass is 31.2. The average molecular weight is 791 g/mol. The molecule has 0 heterocycles. The van der Waals surface area contributed by atoms with Gasteiger partial charge in [0.05, 0.1) is 26.4 Å². The third-order valence-corrected chi connectivity index (χ3v) is 10.9. The lowest BCUT2D eigenvalue weighted by Gasteiger charge is -2.20. The van der Waals surface area contributed by atoms with E-state index in [1.54, 1.807) is 0 Å². The first-order chi connectivity index (χ1) is 26.3. The fourth-order valence-corrected chi connectivity index (χ4v) is 7.26.